The number of thioether (sulfide) groups is 1. The first kappa shape index (κ1) is 11.0. The average Bonchev–Trinajstić information content (AvgIpc) is 2.76. The molecule has 5 heteroatoms. The van der Waals surface area contributed by atoms with Gasteiger partial charge in [-0.05, 0) is 25.6 Å². The van der Waals surface area contributed by atoms with Crippen LogP contribution in [0.25, 0.3) is 0 Å². The van der Waals surface area contributed by atoms with Gasteiger partial charge >= 0.3 is 0 Å². The van der Waals surface area contributed by atoms with E-state index < -0.39 is 0 Å². The summed E-state index contributed by atoms with van der Waals surface area (Å²) in [4.78, 5) is 4.43. The maximum atomic E-state index is 5.29. The highest BCUT2D eigenvalue weighted by atomic mass is 32.2. The molecular formula is C10H17N3OS. The smallest absolute Gasteiger partial charge is 0.239 e. The monoisotopic (exact) mass is 227 g/mol. The van der Waals surface area contributed by atoms with Gasteiger partial charge in [0.2, 0.25) is 5.89 Å². The van der Waals surface area contributed by atoms with Crippen molar-refractivity contribution in [3.8, 4) is 0 Å². The number of nitrogens with one attached hydrogen (secondary N) is 1. The first-order valence-corrected chi connectivity index (χ1v) is 6.53. The Kier molecular flexibility index (Phi) is 4.02. The molecule has 2 rings (SSSR count). The largest absolute Gasteiger partial charge is 0.338 e. The van der Waals surface area contributed by atoms with Gasteiger partial charge < -0.3 is 9.84 Å². The van der Waals surface area contributed by atoms with Crippen molar-refractivity contribution in [3.05, 3.63) is 11.7 Å². The minimum atomic E-state index is 0.439. The van der Waals surface area contributed by atoms with Gasteiger partial charge in [0.15, 0.2) is 5.82 Å². The van der Waals surface area contributed by atoms with Crippen molar-refractivity contribution in [2.45, 2.75) is 30.9 Å². The van der Waals surface area contributed by atoms with Gasteiger partial charge in [-0.2, -0.15) is 4.98 Å². The summed E-state index contributed by atoms with van der Waals surface area (Å²) in [5.74, 6) is 2.87. The van der Waals surface area contributed by atoms with Gasteiger partial charge in [-0.1, -0.05) is 11.6 Å². The summed E-state index contributed by atoms with van der Waals surface area (Å²) in [6.07, 6.45) is 4.63. The molecule has 1 aliphatic heterocycles. The van der Waals surface area contributed by atoms with Gasteiger partial charge in [0.05, 0.1) is 5.25 Å². The fourth-order valence-electron chi connectivity index (χ4n) is 1.67. The van der Waals surface area contributed by atoms with Gasteiger partial charge in [0.1, 0.15) is 0 Å². The molecule has 15 heavy (non-hydrogen) atoms. The van der Waals surface area contributed by atoms with E-state index in [4.69, 9.17) is 4.52 Å². The van der Waals surface area contributed by atoms with Crippen LogP contribution in [0.5, 0.6) is 0 Å². The van der Waals surface area contributed by atoms with Gasteiger partial charge in [-0.3, -0.25) is 0 Å². The summed E-state index contributed by atoms with van der Waals surface area (Å²) in [6, 6.07) is 0. The van der Waals surface area contributed by atoms with Gasteiger partial charge in [0, 0.05) is 13.0 Å². The highest BCUT2D eigenvalue weighted by molar-refractivity contribution is 7.99. The van der Waals surface area contributed by atoms with Crippen molar-refractivity contribution in [2.24, 2.45) is 0 Å². The van der Waals surface area contributed by atoms with E-state index in [-0.39, 0.29) is 0 Å². The highest BCUT2D eigenvalue weighted by Crippen LogP contribution is 2.37. The van der Waals surface area contributed by atoms with E-state index in [0.717, 1.165) is 24.7 Å². The summed E-state index contributed by atoms with van der Waals surface area (Å²) >= 11 is 1.94. The van der Waals surface area contributed by atoms with Crippen molar-refractivity contribution in [3.63, 3.8) is 0 Å². The van der Waals surface area contributed by atoms with E-state index in [9.17, 15) is 0 Å². The first-order valence-electron chi connectivity index (χ1n) is 5.49. The van der Waals surface area contributed by atoms with E-state index in [2.05, 4.69) is 15.5 Å². The Morgan fingerprint density at radius 3 is 3.20 bits per heavy atom. The van der Waals surface area contributed by atoms with E-state index in [1.165, 1.54) is 25.0 Å². The van der Waals surface area contributed by atoms with Crippen LogP contribution in [0.15, 0.2) is 4.52 Å². The predicted molar refractivity (Wildman–Crippen MR) is 61.0 cm³/mol. The molecule has 1 aromatic heterocycles. The predicted octanol–water partition coefficient (Wildman–Crippen LogP) is 1.79. The molecule has 4 nitrogen and oxygen atoms in total. The molecule has 0 radical (unpaired) electrons. The normalized spacial score (nSPS) is 21.8. The second-order valence-electron chi connectivity index (χ2n) is 3.76. The van der Waals surface area contributed by atoms with Crippen LogP contribution in [0.3, 0.4) is 0 Å². The molecule has 0 saturated carbocycles. The molecule has 1 unspecified atom stereocenters. The Labute approximate surface area is 94.2 Å². The van der Waals surface area contributed by atoms with Gasteiger partial charge in [-0.15, -0.1) is 11.8 Å². The Morgan fingerprint density at radius 1 is 1.53 bits per heavy atom. The zero-order chi connectivity index (χ0) is 10.5. The van der Waals surface area contributed by atoms with Gasteiger partial charge in [-0.25, -0.2) is 0 Å². The SMILES string of the molecule is CNCCc1noc(C2CCCCS2)n1. The maximum Gasteiger partial charge on any atom is 0.239 e. The number of hydrogen-bond acceptors (Lipinski definition) is 5. The van der Waals surface area contributed by atoms with Crippen LogP contribution in [-0.2, 0) is 6.42 Å². The van der Waals surface area contributed by atoms with Crippen LogP contribution < -0.4 is 5.32 Å². The number of rotatable bonds is 4. The van der Waals surface area contributed by atoms with Crippen molar-refractivity contribution in [1.82, 2.24) is 15.5 Å². The van der Waals surface area contributed by atoms with Crippen LogP contribution in [0.4, 0.5) is 0 Å². The molecule has 84 valence electrons. The Hall–Kier alpha value is -0.550. The lowest BCUT2D eigenvalue weighted by Crippen LogP contribution is -2.11. The summed E-state index contributed by atoms with van der Waals surface area (Å²) in [5.41, 5.74) is 0. The molecule has 1 saturated heterocycles. The van der Waals surface area contributed by atoms with Crippen LogP contribution in [0.2, 0.25) is 0 Å². The molecular weight excluding hydrogens is 210 g/mol. The third-order valence-electron chi connectivity index (χ3n) is 2.54. The lowest BCUT2D eigenvalue weighted by Gasteiger charge is -2.16. The quantitative estimate of drug-likeness (QED) is 0.850. The molecule has 2 heterocycles. The Morgan fingerprint density at radius 2 is 2.47 bits per heavy atom. The van der Waals surface area contributed by atoms with Crippen molar-refractivity contribution in [1.29, 1.82) is 0 Å². The summed E-state index contributed by atoms with van der Waals surface area (Å²) in [5, 5.41) is 7.51. The minimum Gasteiger partial charge on any atom is -0.338 e. The molecule has 1 N–H and O–H groups in total. The zero-order valence-electron chi connectivity index (χ0n) is 9.03. The minimum absolute atomic E-state index is 0.439. The molecule has 0 amide bonds. The van der Waals surface area contributed by atoms with Crippen molar-refractivity contribution in [2.75, 3.05) is 19.3 Å². The Balaban J connectivity index is 1.93. The highest BCUT2D eigenvalue weighted by Gasteiger charge is 2.21. The number of likely N-dealkylation sites (N-methyl/N-ethyl adjacent to an activating group) is 1. The van der Waals surface area contributed by atoms with E-state index in [1.807, 2.05) is 18.8 Å². The summed E-state index contributed by atoms with van der Waals surface area (Å²) in [7, 11) is 1.93. The van der Waals surface area contributed by atoms with Gasteiger partial charge in [0.25, 0.3) is 0 Å². The third-order valence-corrected chi connectivity index (χ3v) is 3.90. The zero-order valence-corrected chi connectivity index (χ0v) is 9.85. The van der Waals surface area contributed by atoms with E-state index in [1.54, 1.807) is 0 Å². The van der Waals surface area contributed by atoms with Crippen molar-refractivity contribution >= 4 is 11.8 Å². The van der Waals surface area contributed by atoms with Crippen LogP contribution >= 0.6 is 11.8 Å². The molecule has 0 aromatic carbocycles. The van der Waals surface area contributed by atoms with Crippen LogP contribution in [-0.4, -0.2) is 29.5 Å². The average molecular weight is 227 g/mol. The molecule has 1 aliphatic rings. The molecule has 0 spiro atoms. The van der Waals surface area contributed by atoms with Crippen LogP contribution in [0.1, 0.15) is 36.2 Å². The third kappa shape index (κ3) is 2.95. The number of nitrogens with zero attached hydrogens (tertiary/aromatic N) is 2. The number of hydrogen-bond donors (Lipinski definition) is 1. The lowest BCUT2D eigenvalue weighted by molar-refractivity contribution is 0.365. The second-order valence-corrected chi connectivity index (χ2v) is 5.07. The topological polar surface area (TPSA) is 51.0 Å². The Bertz CT molecular complexity index is 297. The molecule has 1 atom stereocenters. The summed E-state index contributed by atoms with van der Waals surface area (Å²) < 4.78 is 5.29. The fraction of sp³-hybridized carbons (Fsp3) is 0.800. The lowest BCUT2D eigenvalue weighted by atomic mass is 10.2. The van der Waals surface area contributed by atoms with Crippen molar-refractivity contribution < 1.29 is 4.52 Å². The molecule has 1 aromatic rings. The maximum absolute atomic E-state index is 5.29. The molecule has 0 bridgehead atoms. The van der Waals surface area contributed by atoms with E-state index >= 15 is 0 Å². The summed E-state index contributed by atoms with van der Waals surface area (Å²) in [6.45, 7) is 0.900. The second kappa shape index (κ2) is 5.51. The fourth-order valence-corrected chi connectivity index (χ4v) is 2.90. The molecule has 1 fully saturated rings. The first-order chi connectivity index (χ1) is 7.40. The number of aromatic nitrogens is 2. The molecule has 0 aliphatic carbocycles. The van der Waals surface area contributed by atoms with E-state index in [0.29, 0.717) is 5.25 Å². The van der Waals surface area contributed by atoms with Crippen LogP contribution in [0, 0.1) is 0 Å². The standard InChI is InChI=1S/C10H17N3OS/c1-11-6-5-9-12-10(14-13-9)8-4-2-3-7-15-8/h8,11H,2-7H2,1H3.